The van der Waals surface area contributed by atoms with Crippen molar-refractivity contribution < 1.29 is 13.2 Å². The van der Waals surface area contributed by atoms with E-state index in [0.29, 0.717) is 4.47 Å². The fourth-order valence-electron chi connectivity index (χ4n) is 1.06. The Kier molecular flexibility index (Phi) is 3.88. The minimum atomic E-state index is -2.69. The summed E-state index contributed by atoms with van der Waals surface area (Å²) in [5.74, 6) is -2.20. The number of hydrogen-bond acceptors (Lipinski definition) is 2. The first-order valence-electron chi connectivity index (χ1n) is 3.85. The number of pyridine rings is 1. The van der Waals surface area contributed by atoms with Gasteiger partial charge >= 0.3 is 0 Å². The van der Waals surface area contributed by atoms with Crippen molar-refractivity contribution in [2.24, 2.45) is 5.73 Å². The van der Waals surface area contributed by atoms with Gasteiger partial charge in [0.15, 0.2) is 0 Å². The molecule has 0 aliphatic heterocycles. The molecule has 78 valence electrons. The van der Waals surface area contributed by atoms with E-state index < -0.39 is 18.3 Å². The second-order valence-electron chi connectivity index (χ2n) is 2.71. The largest absolute Gasteiger partial charge is 0.330 e. The Labute approximate surface area is 87.4 Å². The minimum Gasteiger partial charge on any atom is -0.330 e. The lowest BCUT2D eigenvalue weighted by molar-refractivity contribution is 0.115. The fraction of sp³-hybridized carbons (Fsp3) is 0.375. The van der Waals surface area contributed by atoms with E-state index in [4.69, 9.17) is 5.73 Å². The summed E-state index contributed by atoms with van der Waals surface area (Å²) in [6.45, 7) is -0.313. The maximum Gasteiger partial charge on any atom is 0.246 e. The van der Waals surface area contributed by atoms with E-state index in [1.807, 2.05) is 0 Å². The van der Waals surface area contributed by atoms with Gasteiger partial charge in [-0.05, 0) is 22.0 Å². The molecule has 1 unspecified atom stereocenters. The van der Waals surface area contributed by atoms with E-state index in [2.05, 4.69) is 20.9 Å². The van der Waals surface area contributed by atoms with E-state index in [1.54, 1.807) is 0 Å². The molecule has 0 amide bonds. The Morgan fingerprint density at radius 2 is 2.14 bits per heavy atom. The Balaban J connectivity index is 3.08. The lowest BCUT2D eigenvalue weighted by atomic mass is 10.0. The molecule has 0 saturated carbocycles. The second kappa shape index (κ2) is 4.75. The fourth-order valence-corrected chi connectivity index (χ4v) is 1.41. The van der Waals surface area contributed by atoms with Crippen molar-refractivity contribution >= 4 is 15.9 Å². The quantitative estimate of drug-likeness (QED) is 0.855. The van der Waals surface area contributed by atoms with Gasteiger partial charge < -0.3 is 5.73 Å². The zero-order chi connectivity index (χ0) is 10.7. The van der Waals surface area contributed by atoms with Gasteiger partial charge in [-0.3, -0.25) is 0 Å². The van der Waals surface area contributed by atoms with Crippen molar-refractivity contribution in [3.63, 3.8) is 0 Å². The second-order valence-corrected chi connectivity index (χ2v) is 3.63. The molecule has 2 N–H and O–H groups in total. The van der Waals surface area contributed by atoms with Gasteiger partial charge in [0.1, 0.15) is 0 Å². The first-order valence-corrected chi connectivity index (χ1v) is 4.64. The number of aromatic nitrogens is 1. The van der Waals surface area contributed by atoms with Crippen LogP contribution in [0.3, 0.4) is 0 Å². The molecule has 1 heterocycles. The molecule has 1 aromatic heterocycles. The molecule has 0 bridgehead atoms. The molecule has 0 aliphatic rings. The highest BCUT2D eigenvalue weighted by molar-refractivity contribution is 9.10. The lowest BCUT2D eigenvalue weighted by Gasteiger charge is -2.14. The average molecular weight is 269 g/mol. The van der Waals surface area contributed by atoms with E-state index in [0.717, 1.165) is 0 Å². The van der Waals surface area contributed by atoms with Gasteiger partial charge in [-0.1, -0.05) is 0 Å². The molecule has 2 nitrogen and oxygen atoms in total. The molecule has 6 heteroatoms. The summed E-state index contributed by atoms with van der Waals surface area (Å²) >= 11 is 3.03. The van der Waals surface area contributed by atoms with E-state index in [-0.39, 0.29) is 12.1 Å². The van der Waals surface area contributed by atoms with Gasteiger partial charge in [0.05, 0.1) is 5.92 Å². The highest BCUT2D eigenvalue weighted by atomic mass is 79.9. The Morgan fingerprint density at radius 3 is 2.64 bits per heavy atom. The van der Waals surface area contributed by atoms with Crippen molar-refractivity contribution in [2.75, 3.05) is 6.54 Å². The summed E-state index contributed by atoms with van der Waals surface area (Å²) in [6, 6.07) is 1.27. The minimum absolute atomic E-state index is 0.156. The van der Waals surface area contributed by atoms with Crippen LogP contribution < -0.4 is 5.73 Å². The SMILES string of the molecule is NCC(c1cc(Br)cnc1F)C(F)F. The third kappa shape index (κ3) is 2.45. The molecule has 0 fully saturated rings. The smallest absolute Gasteiger partial charge is 0.246 e. The highest BCUT2D eigenvalue weighted by Crippen LogP contribution is 2.25. The van der Waals surface area contributed by atoms with Crippen LogP contribution in [0.1, 0.15) is 11.5 Å². The predicted molar refractivity (Wildman–Crippen MR) is 49.7 cm³/mol. The van der Waals surface area contributed by atoms with Gasteiger partial charge in [0, 0.05) is 22.8 Å². The molecule has 1 aromatic rings. The van der Waals surface area contributed by atoms with Gasteiger partial charge in [0.25, 0.3) is 0 Å². The predicted octanol–water partition coefficient (Wildman–Crippen LogP) is 2.29. The number of halogens is 4. The summed E-state index contributed by atoms with van der Waals surface area (Å²) < 4.78 is 38.3. The molecule has 1 atom stereocenters. The molecule has 14 heavy (non-hydrogen) atoms. The molecule has 0 radical (unpaired) electrons. The molecule has 0 saturated heterocycles. The van der Waals surface area contributed by atoms with Crippen molar-refractivity contribution in [2.45, 2.75) is 12.3 Å². The van der Waals surface area contributed by atoms with Gasteiger partial charge in [-0.25, -0.2) is 13.8 Å². The van der Waals surface area contributed by atoms with Crippen LogP contribution >= 0.6 is 15.9 Å². The third-order valence-electron chi connectivity index (χ3n) is 1.79. The van der Waals surface area contributed by atoms with Crippen LogP contribution in [-0.2, 0) is 0 Å². The van der Waals surface area contributed by atoms with E-state index >= 15 is 0 Å². The maximum atomic E-state index is 13.0. The van der Waals surface area contributed by atoms with Crippen molar-refractivity contribution in [3.05, 3.63) is 28.2 Å². The summed E-state index contributed by atoms with van der Waals surface area (Å²) in [7, 11) is 0. The third-order valence-corrected chi connectivity index (χ3v) is 2.22. The highest BCUT2D eigenvalue weighted by Gasteiger charge is 2.24. The molecular formula is C8H8BrF3N2. The first-order chi connectivity index (χ1) is 6.56. The Hall–Kier alpha value is -0.620. The van der Waals surface area contributed by atoms with Crippen molar-refractivity contribution in [3.8, 4) is 0 Å². The lowest BCUT2D eigenvalue weighted by Crippen LogP contribution is -2.21. The Bertz CT molecular complexity index is 319. The summed E-state index contributed by atoms with van der Waals surface area (Å²) in [5, 5.41) is 0. The van der Waals surface area contributed by atoms with Gasteiger partial charge in [-0.15, -0.1) is 0 Å². The monoisotopic (exact) mass is 268 g/mol. The zero-order valence-electron chi connectivity index (χ0n) is 7.05. The van der Waals surface area contributed by atoms with Crippen LogP contribution in [0, 0.1) is 5.95 Å². The average Bonchev–Trinajstić information content (AvgIpc) is 2.11. The van der Waals surface area contributed by atoms with Crippen molar-refractivity contribution in [1.82, 2.24) is 4.98 Å². The van der Waals surface area contributed by atoms with Crippen LogP contribution in [0.2, 0.25) is 0 Å². The summed E-state index contributed by atoms with van der Waals surface area (Å²) in [6.07, 6.45) is -1.48. The topological polar surface area (TPSA) is 38.9 Å². The molecule has 0 spiro atoms. The molecule has 1 rings (SSSR count). The number of nitrogens with two attached hydrogens (primary N) is 1. The molecule has 0 aliphatic carbocycles. The standard InChI is InChI=1S/C8H8BrF3N2/c9-4-1-5(8(12)14-3-4)6(2-13)7(10)11/h1,3,6-7H,2,13H2. The van der Waals surface area contributed by atoms with Gasteiger partial charge in [0.2, 0.25) is 12.4 Å². The summed E-state index contributed by atoms with van der Waals surface area (Å²) in [4.78, 5) is 3.33. The number of rotatable bonds is 3. The van der Waals surface area contributed by atoms with Crippen molar-refractivity contribution in [1.29, 1.82) is 0 Å². The van der Waals surface area contributed by atoms with Crippen LogP contribution in [0.15, 0.2) is 16.7 Å². The summed E-state index contributed by atoms with van der Waals surface area (Å²) in [5.41, 5.74) is 4.98. The van der Waals surface area contributed by atoms with Crippen LogP contribution in [-0.4, -0.2) is 18.0 Å². The van der Waals surface area contributed by atoms with Crippen LogP contribution in [0.4, 0.5) is 13.2 Å². The molecule has 0 aromatic carbocycles. The van der Waals surface area contributed by atoms with E-state index in [1.165, 1.54) is 12.3 Å². The zero-order valence-corrected chi connectivity index (χ0v) is 8.64. The first kappa shape index (κ1) is 11.5. The maximum absolute atomic E-state index is 13.0. The van der Waals surface area contributed by atoms with E-state index in [9.17, 15) is 13.2 Å². The number of alkyl halides is 2. The van der Waals surface area contributed by atoms with Crippen LogP contribution in [0.25, 0.3) is 0 Å². The molecular weight excluding hydrogens is 261 g/mol. The Morgan fingerprint density at radius 1 is 1.50 bits per heavy atom. The van der Waals surface area contributed by atoms with Gasteiger partial charge in [-0.2, -0.15) is 4.39 Å². The number of hydrogen-bond donors (Lipinski definition) is 1. The number of nitrogens with zero attached hydrogens (tertiary/aromatic N) is 1. The normalized spacial score (nSPS) is 13.3. The van der Waals surface area contributed by atoms with Crippen LogP contribution in [0.5, 0.6) is 0 Å².